The van der Waals surface area contributed by atoms with Crippen LogP contribution in [0.1, 0.15) is 24.0 Å². The lowest BCUT2D eigenvalue weighted by atomic mass is 9.89. The lowest BCUT2D eigenvalue weighted by molar-refractivity contribution is -0.193. The number of rotatable bonds is 5. The predicted molar refractivity (Wildman–Crippen MR) is 138 cm³/mol. The summed E-state index contributed by atoms with van der Waals surface area (Å²) in [4.78, 5) is 50.1. The largest absolute Gasteiger partial charge is 0.490 e. The van der Waals surface area contributed by atoms with Crippen molar-refractivity contribution in [3.05, 3.63) is 60.2 Å². The van der Waals surface area contributed by atoms with Crippen LogP contribution in [0.4, 0.5) is 39.5 Å². The minimum absolute atomic E-state index is 0.0531. The summed E-state index contributed by atoms with van der Waals surface area (Å²) >= 11 is 0. The number of nitrogens with zero attached hydrogens (tertiary/aromatic N) is 3. The topological polar surface area (TPSA) is 179 Å². The average Bonchev–Trinajstić information content (AvgIpc) is 3.46. The van der Waals surface area contributed by atoms with E-state index in [4.69, 9.17) is 34.4 Å². The number of carboxylic acids is 3. The van der Waals surface area contributed by atoms with Gasteiger partial charge >= 0.3 is 36.4 Å². The second-order valence-corrected chi connectivity index (χ2v) is 9.48. The third-order valence-electron chi connectivity index (χ3n) is 6.01. The van der Waals surface area contributed by atoms with Gasteiger partial charge in [0.2, 0.25) is 5.91 Å². The van der Waals surface area contributed by atoms with E-state index in [0.717, 1.165) is 38.1 Å². The Labute approximate surface area is 259 Å². The molecule has 21 heteroatoms. The molecule has 0 unspecified atom stereocenters. The van der Waals surface area contributed by atoms with E-state index < -0.39 is 36.4 Å². The number of likely N-dealkylation sites (tertiary alicyclic amines) is 1. The van der Waals surface area contributed by atoms with Crippen LogP contribution in [-0.4, -0.2) is 97.8 Å². The maximum Gasteiger partial charge on any atom is 0.490 e. The number of aromatic nitrogens is 2. The number of piperidine rings is 1. The molecule has 2 aromatic heterocycles. The third kappa shape index (κ3) is 15.5. The van der Waals surface area contributed by atoms with Crippen LogP contribution in [0, 0.1) is 5.92 Å². The molecular weight excluding hydrogens is 667 g/mol. The fourth-order valence-corrected chi connectivity index (χ4v) is 3.99. The van der Waals surface area contributed by atoms with Gasteiger partial charge in [0.25, 0.3) is 0 Å². The van der Waals surface area contributed by atoms with Crippen LogP contribution in [0.15, 0.2) is 49.1 Å². The van der Waals surface area contributed by atoms with Gasteiger partial charge in [0.05, 0.1) is 12.0 Å². The molecule has 0 saturated carbocycles. The highest BCUT2D eigenvalue weighted by Gasteiger charge is 2.42. The van der Waals surface area contributed by atoms with Crippen molar-refractivity contribution in [2.45, 2.75) is 56.6 Å². The molecule has 0 aromatic carbocycles. The molecule has 2 fully saturated rings. The molecule has 3 atom stereocenters. The highest BCUT2D eigenvalue weighted by atomic mass is 19.4. The first-order valence-electron chi connectivity index (χ1n) is 12.9. The van der Waals surface area contributed by atoms with Crippen molar-refractivity contribution in [1.82, 2.24) is 20.2 Å². The first kappa shape index (κ1) is 40.5. The van der Waals surface area contributed by atoms with Crippen LogP contribution in [0.3, 0.4) is 0 Å². The number of alkyl halides is 9. The number of hydrogen-bond acceptors (Lipinski definition) is 8. The summed E-state index contributed by atoms with van der Waals surface area (Å²) in [6.07, 6.45) is -6.06. The maximum absolute atomic E-state index is 12.7. The van der Waals surface area contributed by atoms with E-state index >= 15 is 0 Å². The quantitative estimate of drug-likeness (QED) is 0.336. The highest BCUT2D eigenvalue weighted by molar-refractivity contribution is 5.79. The Balaban J connectivity index is 0.000000430. The Bertz CT molecular complexity index is 1240. The molecule has 1 amide bonds. The number of pyridine rings is 2. The summed E-state index contributed by atoms with van der Waals surface area (Å²) < 4.78 is 101. The molecule has 12 nitrogen and oxygen atoms in total. The van der Waals surface area contributed by atoms with E-state index in [-0.39, 0.29) is 17.9 Å². The normalized spacial score (nSPS) is 19.2. The first-order valence-corrected chi connectivity index (χ1v) is 12.9. The minimum atomic E-state index is -5.08. The summed E-state index contributed by atoms with van der Waals surface area (Å²) in [5.41, 5.74) is 2.19. The molecule has 0 bridgehead atoms. The summed E-state index contributed by atoms with van der Waals surface area (Å²) in [7, 11) is 0. The minimum Gasteiger partial charge on any atom is -0.475 e. The molecule has 2 aromatic rings. The number of carbonyl (C=O) groups excluding carboxylic acids is 1. The number of hydrogen-bond donors (Lipinski definition) is 4. The van der Waals surface area contributed by atoms with E-state index in [1.807, 2.05) is 24.4 Å². The van der Waals surface area contributed by atoms with Gasteiger partial charge in [-0.25, -0.2) is 14.4 Å². The number of amides is 1. The molecule has 47 heavy (non-hydrogen) atoms. The standard InChI is InChI=1S/C20H24N4O2.3C2HF3O2/c25-20(23-12-15-3-1-6-21-10-15)17-9-19-18(5-8-26-19)24(14-17)13-16-4-2-7-22-11-16;3*3-2(4,5)1(6)7/h1-4,6-7,10-11,17-19H,5,8-9,12-14H2,(H,23,25);3*(H,6,7)/t17-,18+,19+;;;/m0.../s1. The zero-order chi connectivity index (χ0) is 36.0. The van der Waals surface area contributed by atoms with Crippen molar-refractivity contribution in [3.8, 4) is 0 Å². The Kier molecular flexibility index (Phi) is 15.5. The van der Waals surface area contributed by atoms with E-state index in [1.165, 1.54) is 5.56 Å². The van der Waals surface area contributed by atoms with Crippen molar-refractivity contribution in [2.75, 3.05) is 13.2 Å². The zero-order valence-electron chi connectivity index (χ0n) is 23.7. The Morgan fingerprint density at radius 3 is 1.66 bits per heavy atom. The van der Waals surface area contributed by atoms with Gasteiger partial charge in [0.1, 0.15) is 0 Å². The smallest absolute Gasteiger partial charge is 0.475 e. The van der Waals surface area contributed by atoms with Crippen molar-refractivity contribution in [2.24, 2.45) is 5.92 Å². The van der Waals surface area contributed by atoms with Crippen molar-refractivity contribution < 1.29 is 78.7 Å². The number of carbonyl (C=O) groups is 4. The van der Waals surface area contributed by atoms with Crippen molar-refractivity contribution >= 4 is 23.8 Å². The molecule has 2 aliphatic rings. The van der Waals surface area contributed by atoms with Gasteiger partial charge in [0.15, 0.2) is 0 Å². The van der Waals surface area contributed by atoms with Gasteiger partial charge in [-0.3, -0.25) is 19.7 Å². The fraction of sp³-hybridized carbons (Fsp3) is 0.462. The average molecular weight is 695 g/mol. The van der Waals surface area contributed by atoms with Gasteiger partial charge in [0, 0.05) is 57.1 Å². The second-order valence-electron chi connectivity index (χ2n) is 9.48. The van der Waals surface area contributed by atoms with Gasteiger partial charge in [-0.05, 0) is 36.1 Å². The molecular formula is C26H27F9N4O8. The lowest BCUT2D eigenvalue weighted by Gasteiger charge is -2.40. The van der Waals surface area contributed by atoms with Crippen molar-refractivity contribution in [3.63, 3.8) is 0 Å². The summed E-state index contributed by atoms with van der Waals surface area (Å²) in [6.45, 7) is 2.87. The predicted octanol–water partition coefficient (Wildman–Crippen LogP) is 3.67. The molecule has 4 N–H and O–H groups in total. The number of aliphatic carboxylic acids is 3. The number of fused-ring (bicyclic) bond motifs is 1. The first-order chi connectivity index (χ1) is 21.6. The SMILES string of the molecule is O=C(NCc1cccnc1)[C@H]1C[C@H]2OCC[C@H]2N(Cc2cccnc2)C1.O=C(O)C(F)(F)F.O=C(O)C(F)(F)F.O=C(O)C(F)(F)F. The van der Waals surface area contributed by atoms with Gasteiger partial charge in [-0.15, -0.1) is 0 Å². The number of ether oxygens (including phenoxy) is 1. The van der Waals surface area contributed by atoms with Crippen LogP contribution in [0.2, 0.25) is 0 Å². The molecule has 2 aliphatic heterocycles. The monoisotopic (exact) mass is 694 g/mol. The Morgan fingerprint density at radius 1 is 0.809 bits per heavy atom. The molecule has 4 heterocycles. The van der Waals surface area contributed by atoms with E-state index in [0.29, 0.717) is 12.6 Å². The summed E-state index contributed by atoms with van der Waals surface area (Å²) in [5.74, 6) is -8.23. The molecule has 2 saturated heterocycles. The molecule has 262 valence electrons. The molecule has 4 rings (SSSR count). The molecule has 0 radical (unpaired) electrons. The van der Waals surface area contributed by atoms with E-state index in [2.05, 4.69) is 26.3 Å². The number of carboxylic acid groups (broad SMARTS) is 3. The number of halogens is 9. The summed E-state index contributed by atoms with van der Waals surface area (Å²) in [5, 5.41) is 24.4. The number of nitrogens with one attached hydrogen (secondary N) is 1. The Hall–Kier alpha value is -4.53. The fourth-order valence-electron chi connectivity index (χ4n) is 3.99. The second kappa shape index (κ2) is 18.0. The maximum atomic E-state index is 12.7. The third-order valence-corrected chi connectivity index (χ3v) is 6.01. The highest BCUT2D eigenvalue weighted by Crippen LogP contribution is 2.32. The van der Waals surface area contributed by atoms with Gasteiger partial charge < -0.3 is 25.4 Å². The Morgan fingerprint density at radius 2 is 1.26 bits per heavy atom. The lowest BCUT2D eigenvalue weighted by Crippen LogP contribution is -2.52. The van der Waals surface area contributed by atoms with Crippen LogP contribution in [0.5, 0.6) is 0 Å². The van der Waals surface area contributed by atoms with Crippen LogP contribution in [-0.2, 0) is 37.0 Å². The van der Waals surface area contributed by atoms with Crippen LogP contribution < -0.4 is 5.32 Å². The van der Waals surface area contributed by atoms with E-state index in [9.17, 15) is 44.3 Å². The molecule has 0 spiro atoms. The van der Waals surface area contributed by atoms with Crippen molar-refractivity contribution in [1.29, 1.82) is 0 Å². The van der Waals surface area contributed by atoms with Crippen LogP contribution in [0.25, 0.3) is 0 Å². The van der Waals surface area contributed by atoms with E-state index in [1.54, 1.807) is 18.6 Å². The van der Waals surface area contributed by atoms with Gasteiger partial charge in [-0.1, -0.05) is 12.1 Å². The van der Waals surface area contributed by atoms with Crippen LogP contribution >= 0.6 is 0 Å². The van der Waals surface area contributed by atoms with Gasteiger partial charge in [-0.2, -0.15) is 39.5 Å². The molecule has 0 aliphatic carbocycles. The summed E-state index contributed by atoms with van der Waals surface area (Å²) in [6, 6.07) is 8.30. The zero-order valence-corrected chi connectivity index (χ0v) is 23.7.